The van der Waals surface area contributed by atoms with Gasteiger partial charge in [-0.05, 0) is 63.2 Å². The average molecular weight is 268 g/mol. The first-order valence-corrected chi connectivity index (χ1v) is 7.46. The van der Waals surface area contributed by atoms with Gasteiger partial charge in [0.2, 0.25) is 0 Å². The molecular weight excluding hydrogens is 244 g/mol. The Bertz CT molecular complexity index is 323. The standard InChI is InChI=1S/C15H24O4/c1-10(16)19-14-8-6-12(7-9-14)11-2-4-13(5-3-11)15(17)18/h11-14H,2-9H2,1H3,(H,17,18). The zero-order valence-electron chi connectivity index (χ0n) is 11.6. The number of carboxylic acid groups (broad SMARTS) is 1. The van der Waals surface area contributed by atoms with Crippen molar-refractivity contribution in [1.29, 1.82) is 0 Å². The summed E-state index contributed by atoms with van der Waals surface area (Å²) in [7, 11) is 0. The molecule has 0 saturated heterocycles. The minimum absolute atomic E-state index is 0.115. The van der Waals surface area contributed by atoms with Crippen LogP contribution in [0.4, 0.5) is 0 Å². The number of hydrogen-bond donors (Lipinski definition) is 1. The van der Waals surface area contributed by atoms with Gasteiger partial charge < -0.3 is 9.84 Å². The van der Waals surface area contributed by atoms with Gasteiger partial charge in [-0.3, -0.25) is 9.59 Å². The van der Waals surface area contributed by atoms with Crippen LogP contribution < -0.4 is 0 Å². The van der Waals surface area contributed by atoms with Crippen molar-refractivity contribution in [3.63, 3.8) is 0 Å². The van der Waals surface area contributed by atoms with Crippen LogP contribution in [-0.4, -0.2) is 23.1 Å². The topological polar surface area (TPSA) is 63.6 Å². The molecule has 0 amide bonds. The number of carbonyl (C=O) groups excluding carboxylic acids is 1. The van der Waals surface area contributed by atoms with Gasteiger partial charge in [0.25, 0.3) is 0 Å². The number of carboxylic acids is 1. The van der Waals surface area contributed by atoms with Crippen LogP contribution in [0.2, 0.25) is 0 Å². The molecule has 2 saturated carbocycles. The van der Waals surface area contributed by atoms with Gasteiger partial charge in [0, 0.05) is 6.92 Å². The Hall–Kier alpha value is -1.06. The van der Waals surface area contributed by atoms with E-state index in [-0.39, 0.29) is 18.0 Å². The van der Waals surface area contributed by atoms with E-state index in [0.717, 1.165) is 51.4 Å². The maximum atomic E-state index is 10.9. The third kappa shape index (κ3) is 3.95. The summed E-state index contributed by atoms with van der Waals surface area (Å²) in [5.41, 5.74) is 0. The summed E-state index contributed by atoms with van der Waals surface area (Å²) in [4.78, 5) is 21.9. The molecule has 4 heteroatoms. The van der Waals surface area contributed by atoms with Crippen LogP contribution in [0.3, 0.4) is 0 Å². The fourth-order valence-corrected chi connectivity index (χ4v) is 3.75. The molecule has 0 heterocycles. The van der Waals surface area contributed by atoms with E-state index in [1.54, 1.807) is 0 Å². The van der Waals surface area contributed by atoms with E-state index in [9.17, 15) is 9.59 Å². The Balaban J connectivity index is 1.74. The summed E-state index contributed by atoms with van der Waals surface area (Å²) in [5.74, 6) is 0.478. The Morgan fingerprint density at radius 2 is 1.37 bits per heavy atom. The van der Waals surface area contributed by atoms with Gasteiger partial charge >= 0.3 is 11.9 Å². The Kier molecular flexibility index (Phi) is 4.83. The van der Waals surface area contributed by atoms with Crippen LogP contribution in [-0.2, 0) is 14.3 Å². The van der Waals surface area contributed by atoms with E-state index in [0.29, 0.717) is 11.8 Å². The molecule has 0 aromatic carbocycles. The summed E-state index contributed by atoms with van der Waals surface area (Å²) in [6.07, 6.45) is 8.10. The molecule has 0 aliphatic heterocycles. The largest absolute Gasteiger partial charge is 0.481 e. The third-order valence-corrected chi connectivity index (χ3v) is 4.84. The van der Waals surface area contributed by atoms with E-state index in [4.69, 9.17) is 9.84 Å². The van der Waals surface area contributed by atoms with Crippen molar-refractivity contribution >= 4 is 11.9 Å². The molecule has 0 radical (unpaired) electrons. The minimum atomic E-state index is -0.628. The van der Waals surface area contributed by atoms with Crippen molar-refractivity contribution in [2.45, 2.75) is 64.4 Å². The van der Waals surface area contributed by atoms with Crippen molar-refractivity contribution in [3.05, 3.63) is 0 Å². The van der Waals surface area contributed by atoms with Crippen molar-refractivity contribution in [2.24, 2.45) is 17.8 Å². The first-order valence-electron chi connectivity index (χ1n) is 7.46. The Morgan fingerprint density at radius 1 is 0.895 bits per heavy atom. The Labute approximate surface area is 114 Å². The van der Waals surface area contributed by atoms with Crippen LogP contribution >= 0.6 is 0 Å². The lowest BCUT2D eigenvalue weighted by Crippen LogP contribution is -2.30. The average Bonchev–Trinajstić information content (AvgIpc) is 2.39. The van der Waals surface area contributed by atoms with Crippen LogP contribution in [0.5, 0.6) is 0 Å². The summed E-state index contributed by atoms with van der Waals surface area (Å²) < 4.78 is 5.26. The van der Waals surface area contributed by atoms with Gasteiger partial charge in [0.15, 0.2) is 0 Å². The summed E-state index contributed by atoms with van der Waals surface area (Å²) in [5, 5.41) is 9.01. The van der Waals surface area contributed by atoms with Crippen molar-refractivity contribution in [2.75, 3.05) is 0 Å². The van der Waals surface area contributed by atoms with Crippen molar-refractivity contribution < 1.29 is 19.4 Å². The predicted molar refractivity (Wildman–Crippen MR) is 70.6 cm³/mol. The van der Waals surface area contributed by atoms with Gasteiger partial charge in [-0.15, -0.1) is 0 Å². The number of rotatable bonds is 3. The lowest BCUT2D eigenvalue weighted by molar-refractivity contribution is -0.148. The first kappa shape index (κ1) is 14.4. The quantitative estimate of drug-likeness (QED) is 0.799. The normalized spacial score (nSPS) is 35.6. The fourth-order valence-electron chi connectivity index (χ4n) is 3.75. The fraction of sp³-hybridized carbons (Fsp3) is 0.867. The second-order valence-electron chi connectivity index (χ2n) is 6.10. The van der Waals surface area contributed by atoms with Gasteiger partial charge in [0.1, 0.15) is 6.10 Å². The summed E-state index contributed by atoms with van der Waals surface area (Å²) in [6, 6.07) is 0. The monoisotopic (exact) mass is 268 g/mol. The number of carbonyl (C=O) groups is 2. The summed E-state index contributed by atoms with van der Waals surface area (Å²) >= 11 is 0. The first-order chi connectivity index (χ1) is 9.06. The molecule has 0 atom stereocenters. The van der Waals surface area contributed by atoms with Crippen molar-refractivity contribution in [3.8, 4) is 0 Å². The minimum Gasteiger partial charge on any atom is -0.481 e. The van der Waals surface area contributed by atoms with Crippen LogP contribution in [0.25, 0.3) is 0 Å². The second-order valence-corrected chi connectivity index (χ2v) is 6.10. The number of ether oxygens (including phenoxy) is 1. The van der Waals surface area contributed by atoms with E-state index < -0.39 is 5.97 Å². The molecule has 19 heavy (non-hydrogen) atoms. The van der Waals surface area contributed by atoms with Crippen LogP contribution in [0.15, 0.2) is 0 Å². The van der Waals surface area contributed by atoms with E-state index in [1.165, 1.54) is 6.92 Å². The number of aliphatic carboxylic acids is 1. The van der Waals surface area contributed by atoms with E-state index in [1.807, 2.05) is 0 Å². The molecule has 0 unspecified atom stereocenters. The highest BCUT2D eigenvalue weighted by Gasteiger charge is 2.33. The smallest absolute Gasteiger partial charge is 0.306 e. The highest BCUT2D eigenvalue weighted by molar-refractivity contribution is 5.70. The highest BCUT2D eigenvalue weighted by atomic mass is 16.5. The zero-order valence-corrected chi connectivity index (χ0v) is 11.6. The molecule has 4 nitrogen and oxygen atoms in total. The molecule has 2 aliphatic carbocycles. The second kappa shape index (κ2) is 6.40. The van der Waals surface area contributed by atoms with Gasteiger partial charge in [0.05, 0.1) is 5.92 Å². The summed E-state index contributed by atoms with van der Waals surface area (Å²) in [6.45, 7) is 1.47. The maximum absolute atomic E-state index is 10.9. The molecule has 0 spiro atoms. The molecule has 2 aliphatic rings. The highest BCUT2D eigenvalue weighted by Crippen LogP contribution is 2.40. The molecule has 2 rings (SSSR count). The van der Waals surface area contributed by atoms with Gasteiger partial charge in [-0.2, -0.15) is 0 Å². The third-order valence-electron chi connectivity index (χ3n) is 4.84. The van der Waals surface area contributed by atoms with E-state index in [2.05, 4.69) is 0 Å². The van der Waals surface area contributed by atoms with Gasteiger partial charge in [-0.25, -0.2) is 0 Å². The Morgan fingerprint density at radius 3 is 1.79 bits per heavy atom. The number of esters is 1. The van der Waals surface area contributed by atoms with E-state index >= 15 is 0 Å². The SMILES string of the molecule is CC(=O)OC1CCC(C2CCC(C(=O)O)CC2)CC1. The lowest BCUT2D eigenvalue weighted by Gasteiger charge is -2.36. The molecule has 1 N–H and O–H groups in total. The maximum Gasteiger partial charge on any atom is 0.306 e. The predicted octanol–water partition coefficient (Wildman–Crippen LogP) is 3.00. The van der Waals surface area contributed by atoms with Crippen molar-refractivity contribution in [1.82, 2.24) is 0 Å². The number of hydrogen-bond acceptors (Lipinski definition) is 3. The molecule has 0 aromatic heterocycles. The molecule has 0 aromatic rings. The van der Waals surface area contributed by atoms with Crippen LogP contribution in [0.1, 0.15) is 58.3 Å². The lowest BCUT2D eigenvalue weighted by atomic mass is 9.70. The molecule has 2 fully saturated rings. The molecule has 108 valence electrons. The molecule has 0 bridgehead atoms. The van der Waals surface area contributed by atoms with Crippen LogP contribution in [0, 0.1) is 17.8 Å². The van der Waals surface area contributed by atoms with Gasteiger partial charge in [-0.1, -0.05) is 0 Å². The zero-order chi connectivity index (χ0) is 13.8. The molecular formula is C15H24O4.